The van der Waals surface area contributed by atoms with Gasteiger partial charge in [-0.05, 0) is 45.0 Å². The maximum Gasteiger partial charge on any atom is 0.329 e. The largest absolute Gasteiger partial charge is 0.480 e. The van der Waals surface area contributed by atoms with Crippen molar-refractivity contribution in [3.8, 4) is 0 Å². The number of carboxylic acid groups (broad SMARTS) is 1. The lowest BCUT2D eigenvalue weighted by atomic mass is 10.0. The summed E-state index contributed by atoms with van der Waals surface area (Å²) in [6, 6.07) is 7.19. The molecule has 0 aliphatic carbocycles. The molecule has 0 saturated carbocycles. The third-order valence-electron chi connectivity index (χ3n) is 3.56. The van der Waals surface area contributed by atoms with Gasteiger partial charge in [-0.1, -0.05) is 0 Å². The third kappa shape index (κ3) is 2.27. The summed E-state index contributed by atoms with van der Waals surface area (Å²) in [5.41, 5.74) is 0.203. The first-order valence-corrected chi connectivity index (χ1v) is 6.50. The average molecular weight is 274 g/mol. The fourth-order valence-corrected chi connectivity index (χ4v) is 2.25. The van der Waals surface area contributed by atoms with Crippen molar-refractivity contribution in [2.75, 3.05) is 6.54 Å². The van der Waals surface area contributed by atoms with Gasteiger partial charge >= 0.3 is 5.97 Å². The molecule has 0 aliphatic heterocycles. The van der Waals surface area contributed by atoms with Crippen molar-refractivity contribution in [3.05, 3.63) is 36.0 Å². The summed E-state index contributed by atoms with van der Waals surface area (Å²) >= 11 is 0. The molecule has 0 unspecified atom stereocenters. The van der Waals surface area contributed by atoms with Crippen LogP contribution < -0.4 is 0 Å². The summed E-state index contributed by atoms with van der Waals surface area (Å²) in [5.74, 6) is -1.29. The van der Waals surface area contributed by atoms with Gasteiger partial charge in [0.25, 0.3) is 5.91 Å². The molecular formula is C15H18N2O3. The molecule has 0 bridgehead atoms. The number of H-pyrrole nitrogens is 1. The van der Waals surface area contributed by atoms with Gasteiger partial charge in [0.15, 0.2) is 0 Å². The van der Waals surface area contributed by atoms with Crippen molar-refractivity contribution in [3.63, 3.8) is 0 Å². The molecule has 0 radical (unpaired) electrons. The van der Waals surface area contributed by atoms with Gasteiger partial charge in [0.05, 0.1) is 0 Å². The predicted molar refractivity (Wildman–Crippen MR) is 76.7 cm³/mol. The Bertz CT molecular complexity index is 658. The van der Waals surface area contributed by atoms with E-state index in [9.17, 15) is 14.7 Å². The Hall–Kier alpha value is -2.30. The number of carbonyl (C=O) groups is 2. The number of carbonyl (C=O) groups excluding carboxylic acids is 1. The molecule has 0 spiro atoms. The number of benzene rings is 1. The van der Waals surface area contributed by atoms with Crippen LogP contribution in [0.4, 0.5) is 0 Å². The molecule has 5 heteroatoms. The van der Waals surface area contributed by atoms with Gasteiger partial charge in [-0.15, -0.1) is 0 Å². The molecule has 2 rings (SSSR count). The smallest absolute Gasteiger partial charge is 0.329 e. The highest BCUT2D eigenvalue weighted by atomic mass is 16.4. The minimum absolute atomic E-state index is 0.275. The van der Waals surface area contributed by atoms with Crippen LogP contribution in [0, 0.1) is 0 Å². The standard InChI is InChI=1S/C15H18N2O3/c1-4-17(15(2,3)14(19)20)13(18)11-5-6-12-10(9-11)7-8-16-12/h5-9,16H,4H2,1-3H3,(H,19,20). The zero-order chi connectivity index (χ0) is 14.9. The van der Waals surface area contributed by atoms with Crippen molar-refractivity contribution >= 4 is 22.8 Å². The van der Waals surface area contributed by atoms with Crippen molar-refractivity contribution in [1.82, 2.24) is 9.88 Å². The van der Waals surface area contributed by atoms with E-state index in [0.29, 0.717) is 12.1 Å². The molecule has 2 aromatic rings. The molecule has 106 valence electrons. The number of aliphatic carboxylic acids is 1. The number of aromatic amines is 1. The number of carboxylic acids is 1. The quantitative estimate of drug-likeness (QED) is 0.899. The summed E-state index contributed by atoms with van der Waals surface area (Å²) in [6.45, 7) is 5.18. The van der Waals surface area contributed by atoms with E-state index >= 15 is 0 Å². The maximum absolute atomic E-state index is 12.5. The van der Waals surface area contributed by atoms with Gasteiger partial charge in [0.1, 0.15) is 5.54 Å². The number of nitrogens with zero attached hydrogens (tertiary/aromatic N) is 1. The number of amides is 1. The SMILES string of the molecule is CCN(C(=O)c1ccc2[nH]ccc2c1)C(C)(C)C(=O)O. The molecule has 0 atom stereocenters. The molecule has 0 aliphatic rings. The number of rotatable bonds is 4. The fourth-order valence-electron chi connectivity index (χ4n) is 2.25. The normalized spacial score (nSPS) is 11.6. The van der Waals surface area contributed by atoms with Gasteiger partial charge in [0.2, 0.25) is 0 Å². The van der Waals surface area contributed by atoms with Crippen molar-refractivity contribution in [2.24, 2.45) is 0 Å². The molecule has 1 aromatic heterocycles. The third-order valence-corrected chi connectivity index (χ3v) is 3.56. The molecule has 0 saturated heterocycles. The molecule has 20 heavy (non-hydrogen) atoms. The first-order valence-electron chi connectivity index (χ1n) is 6.50. The summed E-state index contributed by atoms with van der Waals surface area (Å²) in [6.07, 6.45) is 1.80. The van der Waals surface area contributed by atoms with E-state index in [2.05, 4.69) is 4.98 Å². The van der Waals surface area contributed by atoms with E-state index in [4.69, 9.17) is 0 Å². The second kappa shape index (κ2) is 5.00. The van der Waals surface area contributed by atoms with Gasteiger partial charge in [-0.3, -0.25) is 4.79 Å². The van der Waals surface area contributed by atoms with Crippen LogP contribution in [0.2, 0.25) is 0 Å². The van der Waals surface area contributed by atoms with Crippen LogP contribution in [0.15, 0.2) is 30.5 Å². The predicted octanol–water partition coefficient (Wildman–Crippen LogP) is 2.49. The number of nitrogens with one attached hydrogen (secondary N) is 1. The highest BCUT2D eigenvalue weighted by molar-refractivity contribution is 6.00. The molecule has 1 heterocycles. The fraction of sp³-hybridized carbons (Fsp3) is 0.333. The lowest BCUT2D eigenvalue weighted by Gasteiger charge is -2.34. The number of aromatic nitrogens is 1. The van der Waals surface area contributed by atoms with E-state index in [0.717, 1.165) is 10.9 Å². The molecule has 2 N–H and O–H groups in total. The van der Waals surface area contributed by atoms with Crippen LogP contribution in [-0.2, 0) is 4.79 Å². The van der Waals surface area contributed by atoms with Crippen LogP contribution in [0.1, 0.15) is 31.1 Å². The zero-order valence-electron chi connectivity index (χ0n) is 11.8. The summed E-state index contributed by atoms with van der Waals surface area (Å²) < 4.78 is 0. The van der Waals surface area contributed by atoms with E-state index in [-0.39, 0.29) is 5.91 Å². The Balaban J connectivity index is 2.39. The average Bonchev–Trinajstić information content (AvgIpc) is 2.85. The van der Waals surface area contributed by atoms with E-state index in [1.165, 1.54) is 18.7 Å². The molecule has 1 amide bonds. The Labute approximate surface area is 117 Å². The summed E-state index contributed by atoms with van der Waals surface area (Å²) in [7, 11) is 0. The van der Waals surface area contributed by atoms with Gasteiger partial charge in [-0.2, -0.15) is 0 Å². The first-order chi connectivity index (χ1) is 9.37. The number of hydrogen-bond donors (Lipinski definition) is 2. The Kier molecular flexibility index (Phi) is 3.53. The minimum Gasteiger partial charge on any atom is -0.480 e. The van der Waals surface area contributed by atoms with Crippen LogP contribution in [-0.4, -0.2) is 39.0 Å². The Morgan fingerprint density at radius 1 is 1.30 bits per heavy atom. The van der Waals surface area contributed by atoms with Crippen LogP contribution in [0.3, 0.4) is 0 Å². The monoisotopic (exact) mass is 274 g/mol. The molecule has 5 nitrogen and oxygen atoms in total. The topological polar surface area (TPSA) is 73.4 Å². The number of likely N-dealkylation sites (N-methyl/N-ethyl adjacent to an activating group) is 1. The highest BCUT2D eigenvalue weighted by Gasteiger charge is 2.37. The summed E-state index contributed by atoms with van der Waals surface area (Å²) in [5, 5.41) is 10.2. The Morgan fingerprint density at radius 3 is 2.60 bits per heavy atom. The van der Waals surface area contributed by atoms with Crippen LogP contribution in [0.25, 0.3) is 10.9 Å². The highest BCUT2D eigenvalue weighted by Crippen LogP contribution is 2.21. The van der Waals surface area contributed by atoms with E-state index in [1.807, 2.05) is 12.1 Å². The lowest BCUT2D eigenvalue weighted by molar-refractivity contribution is -0.147. The van der Waals surface area contributed by atoms with Crippen molar-refractivity contribution in [2.45, 2.75) is 26.3 Å². The zero-order valence-corrected chi connectivity index (χ0v) is 11.8. The molecule has 0 fully saturated rings. The Morgan fingerprint density at radius 2 is 2.00 bits per heavy atom. The van der Waals surface area contributed by atoms with E-state index in [1.54, 1.807) is 25.3 Å². The number of fused-ring (bicyclic) bond motifs is 1. The van der Waals surface area contributed by atoms with Gasteiger partial charge < -0.3 is 15.0 Å². The van der Waals surface area contributed by atoms with Crippen LogP contribution in [0.5, 0.6) is 0 Å². The van der Waals surface area contributed by atoms with Crippen molar-refractivity contribution in [1.29, 1.82) is 0 Å². The maximum atomic E-state index is 12.5. The minimum atomic E-state index is -1.24. The van der Waals surface area contributed by atoms with Gasteiger partial charge in [-0.25, -0.2) is 4.79 Å². The summed E-state index contributed by atoms with van der Waals surface area (Å²) in [4.78, 5) is 28.3. The van der Waals surface area contributed by atoms with Gasteiger partial charge in [0, 0.05) is 29.2 Å². The second-order valence-electron chi connectivity index (χ2n) is 5.19. The number of hydrogen-bond acceptors (Lipinski definition) is 2. The van der Waals surface area contributed by atoms with Crippen LogP contribution >= 0.6 is 0 Å². The lowest BCUT2D eigenvalue weighted by Crippen LogP contribution is -2.52. The molecular weight excluding hydrogens is 256 g/mol. The molecule has 1 aromatic carbocycles. The first kappa shape index (κ1) is 14.1. The van der Waals surface area contributed by atoms with Crippen molar-refractivity contribution < 1.29 is 14.7 Å². The second-order valence-corrected chi connectivity index (χ2v) is 5.19. The van der Waals surface area contributed by atoms with E-state index < -0.39 is 11.5 Å².